The van der Waals surface area contributed by atoms with Crippen molar-refractivity contribution in [1.82, 2.24) is 5.32 Å². The molecule has 0 saturated heterocycles. The lowest BCUT2D eigenvalue weighted by molar-refractivity contribution is -0.123. The zero-order valence-corrected chi connectivity index (χ0v) is 30.1. The third-order valence-corrected chi connectivity index (χ3v) is 8.17. The van der Waals surface area contributed by atoms with Gasteiger partial charge in [-0.2, -0.15) is 0 Å². The molecule has 0 aliphatic carbocycles. The van der Waals surface area contributed by atoms with Crippen molar-refractivity contribution in [1.29, 1.82) is 0 Å². The summed E-state index contributed by atoms with van der Waals surface area (Å²) in [5, 5.41) is 22.9. The smallest absolute Gasteiger partial charge is 0.220 e. The number of aliphatic hydroxyl groups excluding tert-OH is 2. The van der Waals surface area contributed by atoms with E-state index in [1.54, 1.807) is 6.08 Å². The van der Waals surface area contributed by atoms with Gasteiger partial charge in [-0.1, -0.05) is 164 Å². The first kappa shape index (κ1) is 43.8. The zero-order chi connectivity index (χ0) is 33.6. The summed E-state index contributed by atoms with van der Waals surface area (Å²) >= 11 is 0. The number of rotatable bonds is 33. The summed E-state index contributed by atoms with van der Waals surface area (Å²) in [6.07, 6.45) is 52.8. The highest BCUT2D eigenvalue weighted by atomic mass is 16.3. The van der Waals surface area contributed by atoms with Gasteiger partial charge in [0.05, 0.1) is 18.8 Å². The van der Waals surface area contributed by atoms with Gasteiger partial charge in [0.2, 0.25) is 5.91 Å². The van der Waals surface area contributed by atoms with Crippen LogP contribution < -0.4 is 5.32 Å². The minimum absolute atomic E-state index is 0.118. The van der Waals surface area contributed by atoms with E-state index in [-0.39, 0.29) is 12.5 Å². The molecule has 0 saturated carbocycles. The molecule has 0 bridgehead atoms. The Morgan fingerprint density at radius 2 is 0.978 bits per heavy atom. The minimum Gasteiger partial charge on any atom is -0.394 e. The van der Waals surface area contributed by atoms with Crippen LogP contribution in [0.25, 0.3) is 0 Å². The number of hydrogen-bond acceptors (Lipinski definition) is 3. The molecule has 2 unspecified atom stereocenters. The molecule has 0 aromatic heterocycles. The molecule has 2 atom stereocenters. The van der Waals surface area contributed by atoms with Gasteiger partial charge >= 0.3 is 0 Å². The van der Waals surface area contributed by atoms with Gasteiger partial charge in [0, 0.05) is 6.42 Å². The second-order valence-electron chi connectivity index (χ2n) is 12.6. The highest BCUT2D eigenvalue weighted by Crippen LogP contribution is 2.13. The van der Waals surface area contributed by atoms with Gasteiger partial charge in [-0.25, -0.2) is 0 Å². The van der Waals surface area contributed by atoms with Crippen LogP contribution >= 0.6 is 0 Å². The average Bonchev–Trinajstić information content (AvgIpc) is 3.06. The average molecular weight is 640 g/mol. The van der Waals surface area contributed by atoms with E-state index < -0.39 is 12.1 Å². The SMILES string of the molecule is CC/C=C\C/C=C\C/C=C\C/C=C\CCCCC(=O)NC(CO)C(O)/C=C/CC/C=C/CCCCCCCCCCCCCCC. The Morgan fingerprint density at radius 3 is 1.52 bits per heavy atom. The van der Waals surface area contributed by atoms with Crippen molar-refractivity contribution < 1.29 is 15.0 Å². The summed E-state index contributed by atoms with van der Waals surface area (Å²) in [6.45, 7) is 4.15. The predicted octanol–water partition coefficient (Wildman–Crippen LogP) is 11.6. The van der Waals surface area contributed by atoms with Crippen LogP contribution in [0.15, 0.2) is 72.9 Å². The first-order valence-electron chi connectivity index (χ1n) is 19.2. The van der Waals surface area contributed by atoms with Gasteiger partial charge in [0.25, 0.3) is 0 Å². The molecule has 0 heterocycles. The minimum atomic E-state index is -0.881. The molecule has 0 aromatic rings. The quantitative estimate of drug-likeness (QED) is 0.0494. The van der Waals surface area contributed by atoms with E-state index in [0.29, 0.717) is 6.42 Å². The summed E-state index contributed by atoms with van der Waals surface area (Å²) in [4.78, 5) is 12.3. The summed E-state index contributed by atoms with van der Waals surface area (Å²) in [7, 11) is 0. The maximum absolute atomic E-state index is 12.3. The maximum atomic E-state index is 12.3. The molecule has 0 fully saturated rings. The van der Waals surface area contributed by atoms with E-state index in [2.05, 4.69) is 79.9 Å². The Morgan fingerprint density at radius 1 is 0.543 bits per heavy atom. The highest BCUT2D eigenvalue weighted by molar-refractivity contribution is 5.76. The number of unbranched alkanes of at least 4 members (excludes halogenated alkanes) is 16. The van der Waals surface area contributed by atoms with Crippen molar-refractivity contribution in [2.45, 2.75) is 180 Å². The van der Waals surface area contributed by atoms with Gasteiger partial charge in [0.1, 0.15) is 0 Å². The standard InChI is InChI=1S/C42H73NO3/c1-3-5-7-9-11-13-15-17-19-20-21-22-24-25-27-29-31-33-35-37-41(45)40(39-44)43-42(46)38-36-34-32-30-28-26-23-18-16-14-12-10-8-6-4-2/h6,8,12,14,18,23,27-30,35,37,40-41,44-45H,3-5,7,9-11,13,15-17,19-22,24-26,31-34,36,38-39H2,1-2H3,(H,43,46)/b8-6-,14-12-,23-18-,29-27+,30-28-,37-35+. The molecule has 0 spiro atoms. The topological polar surface area (TPSA) is 69.6 Å². The van der Waals surface area contributed by atoms with Crippen LogP contribution in [-0.4, -0.2) is 34.9 Å². The van der Waals surface area contributed by atoms with Gasteiger partial charge < -0.3 is 15.5 Å². The van der Waals surface area contributed by atoms with Crippen LogP contribution in [0, 0.1) is 0 Å². The van der Waals surface area contributed by atoms with Gasteiger partial charge in [-0.3, -0.25) is 4.79 Å². The van der Waals surface area contributed by atoms with E-state index in [1.807, 2.05) is 6.08 Å². The monoisotopic (exact) mass is 640 g/mol. The molecular weight excluding hydrogens is 566 g/mol. The van der Waals surface area contributed by atoms with Crippen LogP contribution in [0.1, 0.15) is 168 Å². The van der Waals surface area contributed by atoms with Crippen LogP contribution in [-0.2, 0) is 4.79 Å². The maximum Gasteiger partial charge on any atom is 0.220 e. The molecule has 3 N–H and O–H groups in total. The fraction of sp³-hybridized carbons (Fsp3) is 0.690. The lowest BCUT2D eigenvalue weighted by Gasteiger charge is -2.19. The van der Waals surface area contributed by atoms with E-state index in [9.17, 15) is 15.0 Å². The summed E-state index contributed by atoms with van der Waals surface area (Å²) in [5.74, 6) is -0.118. The largest absolute Gasteiger partial charge is 0.394 e. The van der Waals surface area contributed by atoms with Crippen molar-refractivity contribution in [3.63, 3.8) is 0 Å². The zero-order valence-electron chi connectivity index (χ0n) is 30.1. The number of allylic oxidation sites excluding steroid dienone is 11. The number of carbonyl (C=O) groups is 1. The number of aliphatic hydroxyl groups is 2. The molecule has 0 rings (SSSR count). The molecule has 0 aromatic carbocycles. The van der Waals surface area contributed by atoms with E-state index >= 15 is 0 Å². The second-order valence-corrected chi connectivity index (χ2v) is 12.6. The predicted molar refractivity (Wildman–Crippen MR) is 202 cm³/mol. The van der Waals surface area contributed by atoms with Crippen molar-refractivity contribution >= 4 is 5.91 Å². The highest BCUT2D eigenvalue weighted by Gasteiger charge is 2.17. The first-order chi connectivity index (χ1) is 22.7. The fourth-order valence-electron chi connectivity index (χ4n) is 5.24. The van der Waals surface area contributed by atoms with Crippen molar-refractivity contribution in [3.05, 3.63) is 72.9 Å². The molecule has 0 aliphatic rings. The molecule has 46 heavy (non-hydrogen) atoms. The Kier molecular flexibility index (Phi) is 35.5. The molecule has 264 valence electrons. The van der Waals surface area contributed by atoms with Gasteiger partial charge in [0.15, 0.2) is 0 Å². The van der Waals surface area contributed by atoms with Crippen LogP contribution in [0.2, 0.25) is 0 Å². The normalized spacial score (nSPS) is 13.9. The van der Waals surface area contributed by atoms with E-state index in [1.165, 1.54) is 83.5 Å². The van der Waals surface area contributed by atoms with Crippen molar-refractivity contribution in [3.8, 4) is 0 Å². The third kappa shape index (κ3) is 33.2. The Labute approximate surface area is 285 Å². The van der Waals surface area contributed by atoms with Crippen LogP contribution in [0.3, 0.4) is 0 Å². The van der Waals surface area contributed by atoms with Crippen molar-refractivity contribution in [2.75, 3.05) is 6.61 Å². The van der Waals surface area contributed by atoms with Crippen molar-refractivity contribution in [2.24, 2.45) is 0 Å². The summed E-state index contributed by atoms with van der Waals surface area (Å²) in [6, 6.07) is -0.663. The molecule has 4 nitrogen and oxygen atoms in total. The second kappa shape index (κ2) is 37.3. The number of carbonyl (C=O) groups excluding carboxylic acids is 1. The van der Waals surface area contributed by atoms with Crippen LogP contribution in [0.4, 0.5) is 0 Å². The summed E-state index contributed by atoms with van der Waals surface area (Å²) < 4.78 is 0. The lowest BCUT2D eigenvalue weighted by Crippen LogP contribution is -2.45. The third-order valence-electron chi connectivity index (χ3n) is 8.17. The Hall–Kier alpha value is -2.17. The number of nitrogens with one attached hydrogen (secondary N) is 1. The Bertz CT molecular complexity index is 823. The molecule has 4 heteroatoms. The number of amides is 1. The lowest BCUT2D eigenvalue weighted by atomic mass is 10.0. The van der Waals surface area contributed by atoms with Crippen LogP contribution in [0.5, 0.6) is 0 Å². The number of hydrogen-bond donors (Lipinski definition) is 3. The summed E-state index contributed by atoms with van der Waals surface area (Å²) in [5.41, 5.74) is 0. The molecular formula is C42H73NO3. The molecule has 1 amide bonds. The van der Waals surface area contributed by atoms with E-state index in [0.717, 1.165) is 64.2 Å². The Balaban J connectivity index is 3.75. The fourth-order valence-corrected chi connectivity index (χ4v) is 5.24. The van der Waals surface area contributed by atoms with E-state index in [4.69, 9.17) is 0 Å². The van der Waals surface area contributed by atoms with Gasteiger partial charge in [-0.15, -0.1) is 0 Å². The molecule has 0 radical (unpaired) electrons. The first-order valence-corrected chi connectivity index (χ1v) is 19.2. The molecule has 0 aliphatic heterocycles. The van der Waals surface area contributed by atoms with Gasteiger partial charge in [-0.05, 0) is 70.6 Å².